The van der Waals surface area contributed by atoms with E-state index >= 15 is 0 Å². The molecule has 0 saturated heterocycles. The van der Waals surface area contributed by atoms with Crippen molar-refractivity contribution in [1.82, 2.24) is 14.8 Å². The predicted octanol–water partition coefficient (Wildman–Crippen LogP) is 3.03. The van der Waals surface area contributed by atoms with Crippen molar-refractivity contribution in [2.24, 2.45) is 5.92 Å². The standard InChI is InChI=1S/C25H27ClFN3O6/c1-3-4-8-36-21-19-23(33)29(2)13-25(9-15(10-25)24(34)35)30(19)12-16(20(21)31)22(32)28-11-14-6-5-7-17(26)18(14)27/h5-7,12,15H,3-4,8-11,13H2,1-2H3,(H,28,32)(H,34,35). The van der Waals surface area contributed by atoms with Crippen LogP contribution in [0.1, 0.15) is 59.0 Å². The van der Waals surface area contributed by atoms with Gasteiger partial charge in [-0.1, -0.05) is 37.1 Å². The van der Waals surface area contributed by atoms with Crippen LogP contribution in [-0.4, -0.2) is 52.6 Å². The number of fused-ring (bicyclic) bond motifs is 2. The second kappa shape index (κ2) is 9.93. The van der Waals surface area contributed by atoms with Gasteiger partial charge >= 0.3 is 5.97 Å². The van der Waals surface area contributed by atoms with Gasteiger partial charge in [0.05, 0.1) is 23.1 Å². The van der Waals surface area contributed by atoms with Crippen LogP contribution in [0.3, 0.4) is 0 Å². The molecule has 2 aromatic rings. The Morgan fingerprint density at radius 1 is 1.31 bits per heavy atom. The van der Waals surface area contributed by atoms with Crippen LogP contribution >= 0.6 is 11.6 Å². The molecule has 2 N–H and O–H groups in total. The highest BCUT2D eigenvalue weighted by Crippen LogP contribution is 2.48. The first-order valence-corrected chi connectivity index (χ1v) is 12.1. The van der Waals surface area contributed by atoms with Gasteiger partial charge in [0.2, 0.25) is 5.43 Å². The van der Waals surface area contributed by atoms with Crippen molar-refractivity contribution < 1.29 is 28.6 Å². The number of carbonyl (C=O) groups excluding carboxylic acids is 2. The van der Waals surface area contributed by atoms with E-state index in [9.17, 15) is 28.7 Å². The van der Waals surface area contributed by atoms with Crippen molar-refractivity contribution >= 4 is 29.4 Å². The highest BCUT2D eigenvalue weighted by molar-refractivity contribution is 6.30. The Morgan fingerprint density at radius 2 is 2.03 bits per heavy atom. The normalized spacial score (nSPS) is 20.6. The van der Waals surface area contributed by atoms with E-state index < -0.39 is 40.5 Å². The number of aliphatic carboxylic acids is 1. The number of carboxylic acid groups (broad SMARTS) is 1. The molecule has 0 atom stereocenters. The molecule has 1 spiro atoms. The van der Waals surface area contributed by atoms with Gasteiger partial charge in [-0.3, -0.25) is 19.2 Å². The molecule has 4 rings (SSSR count). The van der Waals surface area contributed by atoms with Gasteiger partial charge in [-0.05, 0) is 25.3 Å². The first-order chi connectivity index (χ1) is 17.1. The molecule has 2 heterocycles. The summed E-state index contributed by atoms with van der Waals surface area (Å²) in [5.41, 5.74) is -1.67. The number of pyridine rings is 1. The van der Waals surface area contributed by atoms with E-state index in [1.54, 1.807) is 17.7 Å². The van der Waals surface area contributed by atoms with Crippen LogP contribution in [0.5, 0.6) is 5.75 Å². The molecular formula is C25H27ClFN3O6. The van der Waals surface area contributed by atoms with E-state index in [-0.39, 0.29) is 60.1 Å². The number of likely N-dealkylation sites (N-methyl/N-ethyl adjacent to an activating group) is 1. The number of nitrogens with one attached hydrogen (secondary N) is 1. The Labute approximate surface area is 211 Å². The number of nitrogens with zero attached hydrogens (tertiary/aromatic N) is 2. The van der Waals surface area contributed by atoms with Crippen molar-refractivity contribution in [1.29, 1.82) is 0 Å². The number of amides is 2. The molecule has 1 aromatic heterocycles. The van der Waals surface area contributed by atoms with Gasteiger partial charge in [-0.25, -0.2) is 4.39 Å². The fraction of sp³-hybridized carbons (Fsp3) is 0.440. The number of hydrogen-bond acceptors (Lipinski definition) is 5. The van der Waals surface area contributed by atoms with E-state index in [1.807, 2.05) is 6.92 Å². The van der Waals surface area contributed by atoms with E-state index in [0.717, 1.165) is 6.42 Å². The van der Waals surface area contributed by atoms with Gasteiger partial charge < -0.3 is 24.6 Å². The van der Waals surface area contributed by atoms with Crippen molar-refractivity contribution in [2.75, 3.05) is 20.2 Å². The van der Waals surface area contributed by atoms with Crippen LogP contribution in [0.15, 0.2) is 29.2 Å². The zero-order valence-electron chi connectivity index (χ0n) is 20.0. The molecule has 1 aromatic carbocycles. The lowest BCUT2D eigenvalue weighted by molar-refractivity contribution is -0.150. The lowest BCUT2D eigenvalue weighted by Crippen LogP contribution is -2.60. The molecule has 1 aliphatic heterocycles. The van der Waals surface area contributed by atoms with Crippen LogP contribution in [-0.2, 0) is 16.9 Å². The molecule has 1 fully saturated rings. The van der Waals surface area contributed by atoms with Gasteiger partial charge in [0.1, 0.15) is 11.4 Å². The molecule has 1 saturated carbocycles. The summed E-state index contributed by atoms with van der Waals surface area (Å²) in [5.74, 6) is -3.68. The Morgan fingerprint density at radius 3 is 2.69 bits per heavy atom. The summed E-state index contributed by atoms with van der Waals surface area (Å²) in [4.78, 5) is 52.6. The minimum Gasteiger partial charge on any atom is -0.487 e. The number of carbonyl (C=O) groups is 3. The molecule has 0 radical (unpaired) electrons. The number of carboxylic acids is 1. The van der Waals surface area contributed by atoms with E-state index in [2.05, 4.69) is 5.32 Å². The second-order valence-electron chi connectivity index (χ2n) is 9.35. The number of rotatable bonds is 8. The zero-order chi connectivity index (χ0) is 26.2. The second-order valence-corrected chi connectivity index (χ2v) is 9.75. The molecular weight excluding hydrogens is 493 g/mol. The van der Waals surface area contributed by atoms with Crippen LogP contribution < -0.4 is 15.5 Å². The smallest absolute Gasteiger partial charge is 0.306 e. The summed E-state index contributed by atoms with van der Waals surface area (Å²) in [6, 6.07) is 4.39. The average molecular weight is 520 g/mol. The highest BCUT2D eigenvalue weighted by atomic mass is 35.5. The SMILES string of the molecule is CCCCOc1c2n(cc(C(=O)NCc3cccc(Cl)c3F)c1=O)C1(CC(C(=O)O)C1)CN(C)C2=O. The quantitative estimate of drug-likeness (QED) is 0.518. The number of unbranched alkanes of at least 4 members (excludes halogenated alkanes) is 1. The summed E-state index contributed by atoms with van der Waals surface area (Å²) >= 11 is 5.81. The van der Waals surface area contributed by atoms with Gasteiger partial charge in [0.25, 0.3) is 11.8 Å². The average Bonchev–Trinajstić information content (AvgIpc) is 2.81. The van der Waals surface area contributed by atoms with Gasteiger partial charge in [-0.15, -0.1) is 0 Å². The molecule has 192 valence electrons. The third-order valence-corrected chi connectivity index (χ3v) is 7.11. The predicted molar refractivity (Wildman–Crippen MR) is 129 cm³/mol. The van der Waals surface area contributed by atoms with Gasteiger partial charge in [0.15, 0.2) is 11.4 Å². The van der Waals surface area contributed by atoms with Gasteiger partial charge in [-0.2, -0.15) is 0 Å². The van der Waals surface area contributed by atoms with Gasteiger partial charge in [0, 0.05) is 31.9 Å². The molecule has 0 bridgehead atoms. The largest absolute Gasteiger partial charge is 0.487 e. The Bertz CT molecular complexity index is 1290. The topological polar surface area (TPSA) is 118 Å². The maximum atomic E-state index is 14.3. The number of aromatic nitrogens is 1. The lowest BCUT2D eigenvalue weighted by atomic mass is 9.66. The fourth-order valence-electron chi connectivity index (χ4n) is 4.86. The van der Waals surface area contributed by atoms with Crippen LogP contribution in [0.4, 0.5) is 4.39 Å². The molecule has 11 heteroatoms. The molecule has 0 unspecified atom stereocenters. The summed E-state index contributed by atoms with van der Waals surface area (Å²) in [7, 11) is 1.59. The molecule has 1 aliphatic carbocycles. The first-order valence-electron chi connectivity index (χ1n) is 11.7. The zero-order valence-corrected chi connectivity index (χ0v) is 20.7. The highest BCUT2D eigenvalue weighted by Gasteiger charge is 2.54. The summed E-state index contributed by atoms with van der Waals surface area (Å²) < 4.78 is 21.6. The third-order valence-electron chi connectivity index (χ3n) is 6.82. The van der Waals surface area contributed by atoms with E-state index in [0.29, 0.717) is 6.42 Å². The van der Waals surface area contributed by atoms with Crippen LogP contribution in [0, 0.1) is 11.7 Å². The summed E-state index contributed by atoms with van der Waals surface area (Å²) in [5, 5.41) is 11.9. The van der Waals surface area contributed by atoms with Crippen molar-refractivity contribution in [3.63, 3.8) is 0 Å². The van der Waals surface area contributed by atoms with Crippen LogP contribution in [0.2, 0.25) is 5.02 Å². The minimum absolute atomic E-state index is 0.00567. The number of halogens is 2. The van der Waals surface area contributed by atoms with Crippen molar-refractivity contribution in [2.45, 2.75) is 44.7 Å². The number of hydrogen-bond donors (Lipinski definition) is 2. The third kappa shape index (κ3) is 4.45. The Kier molecular flexibility index (Phi) is 7.08. The van der Waals surface area contributed by atoms with Crippen molar-refractivity contribution in [3.05, 3.63) is 62.3 Å². The maximum Gasteiger partial charge on any atom is 0.306 e. The van der Waals surface area contributed by atoms with E-state index in [1.165, 1.54) is 23.2 Å². The number of ether oxygens (including phenoxy) is 1. The lowest BCUT2D eigenvalue weighted by Gasteiger charge is -2.53. The monoisotopic (exact) mass is 519 g/mol. The summed E-state index contributed by atoms with van der Waals surface area (Å²) in [6.07, 6.45) is 3.18. The Hall–Kier alpha value is -3.40. The maximum absolute atomic E-state index is 14.3. The summed E-state index contributed by atoms with van der Waals surface area (Å²) in [6.45, 7) is 2.12. The first kappa shape index (κ1) is 25.7. The minimum atomic E-state index is -0.941. The fourth-order valence-corrected chi connectivity index (χ4v) is 5.06. The van der Waals surface area contributed by atoms with Crippen molar-refractivity contribution in [3.8, 4) is 5.75 Å². The van der Waals surface area contributed by atoms with Crippen LogP contribution in [0.25, 0.3) is 0 Å². The molecule has 9 nitrogen and oxygen atoms in total. The number of benzene rings is 1. The Balaban J connectivity index is 1.76. The van der Waals surface area contributed by atoms with E-state index in [4.69, 9.17) is 16.3 Å². The molecule has 2 amide bonds. The molecule has 2 aliphatic rings. The molecule has 36 heavy (non-hydrogen) atoms.